The lowest BCUT2D eigenvalue weighted by Crippen LogP contribution is -2.55. The number of ether oxygens (including phenoxy) is 1. The number of hydrogen-bond acceptors (Lipinski definition) is 5. The van der Waals surface area contributed by atoms with Crippen LogP contribution in [0.1, 0.15) is 83.5 Å². The van der Waals surface area contributed by atoms with E-state index in [1.165, 1.54) is 0 Å². The zero-order chi connectivity index (χ0) is 26.5. The predicted octanol–water partition coefficient (Wildman–Crippen LogP) is 4.71. The van der Waals surface area contributed by atoms with Gasteiger partial charge in [-0.3, -0.25) is 9.59 Å². The molecular formula is C27H43N3O4S. The molecule has 2 N–H and O–H groups in total. The summed E-state index contributed by atoms with van der Waals surface area (Å²) in [5, 5.41) is 5.81. The number of benzene rings is 1. The molecule has 0 aliphatic heterocycles. The summed E-state index contributed by atoms with van der Waals surface area (Å²) in [5.41, 5.74) is 2.02. The molecule has 5 atom stereocenters. The molecule has 196 valence electrons. The molecule has 1 aromatic carbocycles. The number of amides is 3. The van der Waals surface area contributed by atoms with Gasteiger partial charge in [0.05, 0.1) is 0 Å². The number of aryl methyl sites for hydroxylation is 2. The minimum absolute atomic E-state index is 0.0199. The molecule has 1 fully saturated rings. The van der Waals surface area contributed by atoms with E-state index in [-0.39, 0.29) is 35.6 Å². The summed E-state index contributed by atoms with van der Waals surface area (Å²) >= 11 is 4.36. The van der Waals surface area contributed by atoms with Crippen LogP contribution in [0.3, 0.4) is 0 Å². The SMILES string of the molecule is CCCC(C)NC(=O)C(c1c(C)cccc1C)N(C(=O)C(CS)NC(=O)OC(C)(C)C)C1CC1C. The molecule has 8 heteroatoms. The molecule has 0 saturated heterocycles. The molecular weight excluding hydrogens is 462 g/mol. The summed E-state index contributed by atoms with van der Waals surface area (Å²) in [4.78, 5) is 42.0. The van der Waals surface area contributed by atoms with Gasteiger partial charge in [0.15, 0.2) is 0 Å². The average Bonchev–Trinajstić information content (AvgIpc) is 3.45. The highest BCUT2D eigenvalue weighted by Gasteiger charge is 2.48. The van der Waals surface area contributed by atoms with Crippen molar-refractivity contribution in [3.63, 3.8) is 0 Å². The third kappa shape index (κ3) is 7.89. The standard InChI is InChI=1S/C27H43N3O4S/c1-9-11-19(5)28-24(31)23(22-16(2)12-10-13-17(22)3)30(21-14-18(21)4)25(32)20(15-35)29-26(33)34-27(6,7)8/h10,12-13,18-21,23,35H,9,11,14-15H2,1-8H3,(H,28,31)(H,29,33). The number of thiol groups is 1. The van der Waals surface area contributed by atoms with Gasteiger partial charge in [0.1, 0.15) is 17.7 Å². The number of nitrogens with one attached hydrogen (secondary N) is 2. The lowest BCUT2D eigenvalue weighted by Gasteiger charge is -2.36. The van der Waals surface area contributed by atoms with E-state index in [2.05, 4.69) is 37.1 Å². The van der Waals surface area contributed by atoms with Crippen LogP contribution in [0.5, 0.6) is 0 Å². The van der Waals surface area contributed by atoms with Crippen LogP contribution in [0.2, 0.25) is 0 Å². The van der Waals surface area contributed by atoms with Gasteiger partial charge in [-0.2, -0.15) is 12.6 Å². The molecule has 3 amide bonds. The second-order valence-corrected chi connectivity index (χ2v) is 11.2. The fraction of sp³-hybridized carbons (Fsp3) is 0.667. The smallest absolute Gasteiger partial charge is 0.408 e. The Kier molecular flexibility index (Phi) is 10.1. The molecule has 35 heavy (non-hydrogen) atoms. The Morgan fingerprint density at radius 3 is 2.20 bits per heavy atom. The second-order valence-electron chi connectivity index (χ2n) is 10.8. The summed E-state index contributed by atoms with van der Waals surface area (Å²) in [6, 6.07) is 4.04. The van der Waals surface area contributed by atoms with Gasteiger partial charge in [-0.1, -0.05) is 38.5 Å². The number of rotatable bonds is 10. The molecule has 0 aromatic heterocycles. The maximum Gasteiger partial charge on any atom is 0.408 e. The van der Waals surface area contributed by atoms with E-state index in [0.29, 0.717) is 0 Å². The maximum atomic E-state index is 14.0. The predicted molar refractivity (Wildman–Crippen MR) is 143 cm³/mol. The maximum absolute atomic E-state index is 14.0. The van der Waals surface area contributed by atoms with Gasteiger partial charge in [0, 0.05) is 17.8 Å². The summed E-state index contributed by atoms with van der Waals surface area (Å²) in [6.07, 6.45) is 1.91. The average molecular weight is 506 g/mol. The lowest BCUT2D eigenvalue weighted by molar-refractivity contribution is -0.143. The van der Waals surface area contributed by atoms with Crippen LogP contribution in [-0.4, -0.2) is 52.3 Å². The molecule has 2 rings (SSSR count). The van der Waals surface area contributed by atoms with Crippen LogP contribution in [0, 0.1) is 19.8 Å². The highest BCUT2D eigenvalue weighted by Crippen LogP contribution is 2.42. The van der Waals surface area contributed by atoms with Gasteiger partial charge in [0.25, 0.3) is 0 Å². The van der Waals surface area contributed by atoms with Gasteiger partial charge < -0.3 is 20.3 Å². The largest absolute Gasteiger partial charge is 0.444 e. The molecule has 0 heterocycles. The van der Waals surface area contributed by atoms with Crippen LogP contribution < -0.4 is 10.6 Å². The molecule has 0 bridgehead atoms. The topological polar surface area (TPSA) is 87.7 Å². The van der Waals surface area contributed by atoms with E-state index in [4.69, 9.17) is 4.74 Å². The molecule has 0 radical (unpaired) electrons. The zero-order valence-corrected chi connectivity index (χ0v) is 23.4. The first-order valence-corrected chi connectivity index (χ1v) is 13.2. The normalized spacial score (nSPS) is 19.8. The summed E-state index contributed by atoms with van der Waals surface area (Å²) in [7, 11) is 0. The van der Waals surface area contributed by atoms with E-state index < -0.39 is 23.8 Å². The van der Waals surface area contributed by atoms with Crippen molar-refractivity contribution in [1.29, 1.82) is 0 Å². The summed E-state index contributed by atoms with van der Waals surface area (Å²) in [6.45, 7) is 15.4. The number of nitrogens with zero attached hydrogens (tertiary/aromatic N) is 1. The third-order valence-electron chi connectivity index (χ3n) is 6.30. The quantitative estimate of drug-likeness (QED) is 0.402. The van der Waals surface area contributed by atoms with Gasteiger partial charge >= 0.3 is 6.09 Å². The van der Waals surface area contributed by atoms with Crippen molar-refractivity contribution < 1.29 is 19.1 Å². The Morgan fingerprint density at radius 1 is 1.17 bits per heavy atom. The van der Waals surface area contributed by atoms with Crippen molar-refractivity contribution >= 4 is 30.5 Å². The van der Waals surface area contributed by atoms with Crippen molar-refractivity contribution in [2.75, 3.05) is 5.75 Å². The third-order valence-corrected chi connectivity index (χ3v) is 6.67. The second kappa shape index (κ2) is 12.2. The van der Waals surface area contributed by atoms with Crippen molar-refractivity contribution in [1.82, 2.24) is 15.5 Å². The Bertz CT molecular complexity index is 894. The van der Waals surface area contributed by atoms with Gasteiger partial charge in [-0.15, -0.1) is 0 Å². The fourth-order valence-electron chi connectivity index (χ4n) is 4.47. The fourth-order valence-corrected chi connectivity index (χ4v) is 4.72. The first-order valence-electron chi connectivity index (χ1n) is 12.6. The van der Waals surface area contributed by atoms with E-state index in [0.717, 1.165) is 36.0 Å². The van der Waals surface area contributed by atoms with E-state index in [1.807, 2.05) is 39.0 Å². The van der Waals surface area contributed by atoms with E-state index in [9.17, 15) is 14.4 Å². The van der Waals surface area contributed by atoms with Crippen LogP contribution in [0.25, 0.3) is 0 Å². The Labute approximate surface area is 216 Å². The molecule has 1 saturated carbocycles. The summed E-state index contributed by atoms with van der Waals surface area (Å²) in [5.74, 6) is -0.186. The molecule has 5 unspecified atom stereocenters. The van der Waals surface area contributed by atoms with E-state index >= 15 is 0 Å². The van der Waals surface area contributed by atoms with E-state index in [1.54, 1.807) is 25.7 Å². The number of carbonyl (C=O) groups is 3. The number of alkyl carbamates (subject to hydrolysis) is 1. The minimum atomic E-state index is -0.923. The Hall–Kier alpha value is -2.22. The molecule has 0 spiro atoms. The lowest BCUT2D eigenvalue weighted by atomic mass is 9.93. The highest BCUT2D eigenvalue weighted by molar-refractivity contribution is 7.80. The monoisotopic (exact) mass is 505 g/mol. The van der Waals surface area contributed by atoms with Crippen molar-refractivity contribution in [2.24, 2.45) is 5.92 Å². The first kappa shape index (κ1) is 29.0. The molecule has 1 aliphatic carbocycles. The van der Waals surface area contributed by atoms with Crippen LogP contribution in [0.4, 0.5) is 4.79 Å². The Morgan fingerprint density at radius 2 is 1.74 bits per heavy atom. The number of carbonyl (C=O) groups excluding carboxylic acids is 3. The van der Waals surface area contributed by atoms with Crippen molar-refractivity contribution in [2.45, 2.75) is 104 Å². The highest BCUT2D eigenvalue weighted by atomic mass is 32.1. The Balaban J connectivity index is 2.50. The van der Waals surface area contributed by atoms with Crippen LogP contribution in [-0.2, 0) is 14.3 Å². The minimum Gasteiger partial charge on any atom is -0.444 e. The van der Waals surface area contributed by atoms with Gasteiger partial charge in [0.2, 0.25) is 11.8 Å². The summed E-state index contributed by atoms with van der Waals surface area (Å²) < 4.78 is 5.37. The van der Waals surface area contributed by atoms with Gasteiger partial charge in [-0.25, -0.2) is 4.79 Å². The zero-order valence-electron chi connectivity index (χ0n) is 22.5. The molecule has 7 nitrogen and oxygen atoms in total. The number of hydrogen-bond donors (Lipinski definition) is 3. The van der Waals surface area contributed by atoms with Crippen LogP contribution in [0.15, 0.2) is 18.2 Å². The first-order chi connectivity index (χ1) is 16.3. The van der Waals surface area contributed by atoms with Crippen molar-refractivity contribution in [3.8, 4) is 0 Å². The van der Waals surface area contributed by atoms with Gasteiger partial charge in [-0.05, 0) is 77.0 Å². The van der Waals surface area contributed by atoms with Crippen molar-refractivity contribution in [3.05, 3.63) is 34.9 Å². The molecule has 1 aromatic rings. The van der Waals surface area contributed by atoms with Crippen LogP contribution >= 0.6 is 12.6 Å². The molecule has 1 aliphatic rings.